The molecule has 1 aliphatic heterocycles. The molecule has 1 saturated heterocycles. The number of benzene rings is 1. The van der Waals surface area contributed by atoms with Crippen LogP contribution in [0.15, 0.2) is 18.2 Å². The van der Waals surface area contributed by atoms with Gasteiger partial charge in [0.05, 0.1) is 19.8 Å². The number of hydrogen-bond acceptors (Lipinski definition) is 4. The zero-order chi connectivity index (χ0) is 14.2. The molecule has 1 heterocycles. The third-order valence-corrected chi connectivity index (χ3v) is 3.38. The second kappa shape index (κ2) is 8.12. The summed E-state index contributed by atoms with van der Waals surface area (Å²) in [4.78, 5) is 0. The van der Waals surface area contributed by atoms with Crippen LogP contribution in [0.5, 0.6) is 11.5 Å². The smallest absolute Gasteiger partial charge is 0.127 e. The molecule has 1 N–H and O–H groups in total. The number of hydrogen-bond donors (Lipinski definition) is 1. The molecule has 2 rings (SSSR count). The predicted molar refractivity (Wildman–Crippen MR) is 79.4 cm³/mol. The molecule has 0 saturated carbocycles. The third kappa shape index (κ3) is 4.39. The summed E-state index contributed by atoms with van der Waals surface area (Å²) in [6, 6.07) is 6.08. The normalized spacial score (nSPS) is 18.2. The first-order valence-corrected chi connectivity index (χ1v) is 7.44. The lowest BCUT2D eigenvalue weighted by Gasteiger charge is -2.15. The van der Waals surface area contributed by atoms with Gasteiger partial charge in [0.25, 0.3) is 0 Å². The van der Waals surface area contributed by atoms with Crippen LogP contribution in [-0.2, 0) is 11.3 Å². The van der Waals surface area contributed by atoms with Crippen LogP contribution in [0.2, 0.25) is 0 Å². The zero-order valence-electron chi connectivity index (χ0n) is 12.5. The highest BCUT2D eigenvalue weighted by Gasteiger charge is 2.17. The topological polar surface area (TPSA) is 39.7 Å². The Balaban J connectivity index is 2.00. The van der Waals surface area contributed by atoms with Crippen molar-refractivity contribution in [2.75, 3.05) is 33.5 Å². The van der Waals surface area contributed by atoms with Gasteiger partial charge in [-0.05, 0) is 26.0 Å². The molecule has 1 aliphatic rings. The average Bonchev–Trinajstić information content (AvgIpc) is 2.98. The Morgan fingerprint density at radius 3 is 2.95 bits per heavy atom. The van der Waals surface area contributed by atoms with Crippen molar-refractivity contribution >= 4 is 0 Å². The van der Waals surface area contributed by atoms with E-state index in [9.17, 15) is 0 Å². The Morgan fingerprint density at radius 2 is 2.25 bits per heavy atom. The van der Waals surface area contributed by atoms with Crippen LogP contribution < -0.4 is 14.8 Å². The quantitative estimate of drug-likeness (QED) is 0.794. The Kier molecular flexibility index (Phi) is 6.15. The van der Waals surface area contributed by atoms with Gasteiger partial charge in [-0.2, -0.15) is 0 Å². The van der Waals surface area contributed by atoms with Crippen molar-refractivity contribution in [3.8, 4) is 11.5 Å². The van der Waals surface area contributed by atoms with Crippen molar-refractivity contribution in [1.29, 1.82) is 0 Å². The van der Waals surface area contributed by atoms with Gasteiger partial charge in [0.15, 0.2) is 0 Å². The number of nitrogens with one attached hydrogen (secondary N) is 1. The fourth-order valence-corrected chi connectivity index (χ4v) is 2.24. The minimum absolute atomic E-state index is 0.512. The molecule has 1 fully saturated rings. The van der Waals surface area contributed by atoms with E-state index in [0.717, 1.165) is 56.3 Å². The van der Waals surface area contributed by atoms with E-state index in [4.69, 9.17) is 14.2 Å². The van der Waals surface area contributed by atoms with E-state index in [2.05, 4.69) is 18.3 Å². The summed E-state index contributed by atoms with van der Waals surface area (Å²) in [5, 5.41) is 3.17. The summed E-state index contributed by atoms with van der Waals surface area (Å²) in [7, 11) is 1.94. The molecule has 0 bridgehead atoms. The number of rotatable bonds is 8. The largest absolute Gasteiger partial charge is 0.493 e. The van der Waals surface area contributed by atoms with E-state index in [1.165, 1.54) is 0 Å². The summed E-state index contributed by atoms with van der Waals surface area (Å²) < 4.78 is 17.1. The van der Waals surface area contributed by atoms with Crippen molar-refractivity contribution in [3.63, 3.8) is 0 Å². The van der Waals surface area contributed by atoms with E-state index in [1.54, 1.807) is 0 Å². The van der Waals surface area contributed by atoms with Crippen molar-refractivity contribution in [1.82, 2.24) is 5.32 Å². The Bertz CT molecular complexity index is 403. The van der Waals surface area contributed by atoms with Gasteiger partial charge in [-0.25, -0.2) is 0 Å². The van der Waals surface area contributed by atoms with Crippen LogP contribution in [0.1, 0.15) is 25.3 Å². The van der Waals surface area contributed by atoms with Crippen molar-refractivity contribution < 1.29 is 14.2 Å². The van der Waals surface area contributed by atoms with E-state index in [-0.39, 0.29) is 0 Å². The molecule has 1 unspecified atom stereocenters. The third-order valence-electron chi connectivity index (χ3n) is 3.38. The average molecular weight is 279 g/mol. The highest BCUT2D eigenvalue weighted by Crippen LogP contribution is 2.26. The summed E-state index contributed by atoms with van der Waals surface area (Å²) in [5.74, 6) is 2.31. The maximum absolute atomic E-state index is 5.99. The highest BCUT2D eigenvalue weighted by atomic mass is 16.5. The molecule has 1 aromatic carbocycles. The van der Waals surface area contributed by atoms with Crippen LogP contribution in [0.4, 0.5) is 0 Å². The molecule has 0 aromatic heterocycles. The summed E-state index contributed by atoms with van der Waals surface area (Å²) in [6.07, 6.45) is 2.10. The van der Waals surface area contributed by atoms with Gasteiger partial charge in [-0.3, -0.25) is 0 Å². The lowest BCUT2D eigenvalue weighted by atomic mass is 10.1. The summed E-state index contributed by atoms with van der Waals surface area (Å²) >= 11 is 0. The van der Waals surface area contributed by atoms with Crippen LogP contribution >= 0.6 is 0 Å². The first-order valence-electron chi connectivity index (χ1n) is 7.44. The lowest BCUT2D eigenvalue weighted by Crippen LogP contribution is -2.14. The van der Waals surface area contributed by atoms with E-state index < -0.39 is 0 Å². The first kappa shape index (κ1) is 15.1. The molecule has 0 aliphatic carbocycles. The summed E-state index contributed by atoms with van der Waals surface area (Å²) in [5.41, 5.74) is 1.16. The minimum atomic E-state index is 0.512. The van der Waals surface area contributed by atoms with E-state index in [1.807, 2.05) is 19.2 Å². The monoisotopic (exact) mass is 279 g/mol. The molecule has 4 nitrogen and oxygen atoms in total. The van der Waals surface area contributed by atoms with Crippen molar-refractivity contribution in [2.24, 2.45) is 5.92 Å². The standard InChI is InChI=1S/C16H25NO3/c1-3-7-19-15-5-4-14(10-17-2)16(9-15)20-12-13-6-8-18-11-13/h4-5,9,13,17H,3,6-8,10-12H2,1-2H3. The minimum Gasteiger partial charge on any atom is -0.493 e. The number of ether oxygens (including phenoxy) is 3. The molecule has 0 radical (unpaired) electrons. The van der Waals surface area contributed by atoms with Crippen LogP contribution in [0, 0.1) is 5.92 Å². The first-order chi connectivity index (χ1) is 9.83. The van der Waals surface area contributed by atoms with Crippen molar-refractivity contribution in [2.45, 2.75) is 26.3 Å². The van der Waals surface area contributed by atoms with Crippen molar-refractivity contribution in [3.05, 3.63) is 23.8 Å². The molecule has 1 atom stereocenters. The van der Waals surface area contributed by atoms with Gasteiger partial charge in [-0.1, -0.05) is 13.0 Å². The maximum atomic E-state index is 5.99. The van der Waals surface area contributed by atoms with Gasteiger partial charge in [-0.15, -0.1) is 0 Å². The van der Waals surface area contributed by atoms with Gasteiger partial charge >= 0.3 is 0 Å². The molecule has 0 spiro atoms. The van der Waals surface area contributed by atoms with Gasteiger partial charge in [0, 0.05) is 30.7 Å². The van der Waals surface area contributed by atoms with Gasteiger partial charge in [0.2, 0.25) is 0 Å². The maximum Gasteiger partial charge on any atom is 0.127 e. The van der Waals surface area contributed by atoms with E-state index >= 15 is 0 Å². The second-order valence-electron chi connectivity index (χ2n) is 5.19. The van der Waals surface area contributed by atoms with Crippen LogP contribution in [0.25, 0.3) is 0 Å². The van der Waals surface area contributed by atoms with Crippen LogP contribution in [-0.4, -0.2) is 33.5 Å². The fraction of sp³-hybridized carbons (Fsp3) is 0.625. The molecule has 1 aromatic rings. The highest BCUT2D eigenvalue weighted by molar-refractivity contribution is 5.40. The van der Waals surface area contributed by atoms with E-state index in [0.29, 0.717) is 12.5 Å². The Morgan fingerprint density at radius 1 is 1.35 bits per heavy atom. The SMILES string of the molecule is CCCOc1ccc(CNC)c(OCC2CCOC2)c1. The Labute approximate surface area is 121 Å². The summed E-state index contributed by atoms with van der Waals surface area (Å²) in [6.45, 7) is 6.02. The van der Waals surface area contributed by atoms with Crippen LogP contribution in [0.3, 0.4) is 0 Å². The molecule has 4 heteroatoms. The van der Waals surface area contributed by atoms with Gasteiger partial charge in [0.1, 0.15) is 11.5 Å². The molecule has 20 heavy (non-hydrogen) atoms. The molecular weight excluding hydrogens is 254 g/mol. The van der Waals surface area contributed by atoms with Gasteiger partial charge < -0.3 is 19.5 Å². The molecule has 112 valence electrons. The molecule has 0 amide bonds. The fourth-order valence-electron chi connectivity index (χ4n) is 2.24. The predicted octanol–water partition coefficient (Wildman–Crippen LogP) is 2.61. The second-order valence-corrected chi connectivity index (χ2v) is 5.19. The Hall–Kier alpha value is -1.26. The lowest BCUT2D eigenvalue weighted by molar-refractivity contribution is 0.166. The zero-order valence-corrected chi connectivity index (χ0v) is 12.5. The molecular formula is C16H25NO3.